The summed E-state index contributed by atoms with van der Waals surface area (Å²) in [5, 5.41) is 0.831. The van der Waals surface area contributed by atoms with Gasteiger partial charge in [0.15, 0.2) is 0 Å². The van der Waals surface area contributed by atoms with Crippen LogP contribution < -0.4 is 9.64 Å². The number of anilines is 1. The lowest BCUT2D eigenvalue weighted by Gasteiger charge is -2.35. The minimum absolute atomic E-state index is 0.125. The molecule has 6 nitrogen and oxygen atoms in total. The van der Waals surface area contributed by atoms with E-state index in [0.29, 0.717) is 64.8 Å². The summed E-state index contributed by atoms with van der Waals surface area (Å²) in [4.78, 5) is 25.1. The third-order valence-corrected chi connectivity index (χ3v) is 5.58. The van der Waals surface area contributed by atoms with Gasteiger partial charge in [-0.2, -0.15) is 0 Å². The normalized spacial score (nSPS) is 13.9. The molecule has 3 aromatic rings. The van der Waals surface area contributed by atoms with Gasteiger partial charge < -0.3 is 14.5 Å². The summed E-state index contributed by atoms with van der Waals surface area (Å²) < 4.78 is 19.1. The number of halogens is 3. The number of hydrogen-bond acceptors (Lipinski definition) is 5. The molecule has 0 radical (unpaired) electrons. The number of amides is 1. The molecule has 2 aromatic carbocycles. The van der Waals surface area contributed by atoms with E-state index >= 15 is 0 Å². The van der Waals surface area contributed by atoms with Gasteiger partial charge in [0.05, 0.1) is 10.6 Å². The van der Waals surface area contributed by atoms with Gasteiger partial charge in [-0.05, 0) is 48.9 Å². The van der Waals surface area contributed by atoms with Crippen LogP contribution in [-0.2, 0) is 0 Å². The van der Waals surface area contributed by atoms with Gasteiger partial charge in [0.25, 0.3) is 5.91 Å². The zero-order valence-electron chi connectivity index (χ0n) is 16.7. The number of rotatable bonds is 4. The predicted octanol–water partition coefficient (Wildman–Crippen LogP) is 4.99. The van der Waals surface area contributed by atoms with Crippen molar-refractivity contribution >= 4 is 34.9 Å². The second-order valence-electron chi connectivity index (χ2n) is 7.13. The fraction of sp³-hybridized carbons (Fsp3) is 0.227. The van der Waals surface area contributed by atoms with Crippen molar-refractivity contribution in [1.82, 2.24) is 14.9 Å². The van der Waals surface area contributed by atoms with Gasteiger partial charge in [-0.25, -0.2) is 14.4 Å². The molecule has 0 aliphatic carbocycles. The molecular formula is C22H19Cl2FN4O2. The van der Waals surface area contributed by atoms with Gasteiger partial charge >= 0.3 is 0 Å². The summed E-state index contributed by atoms with van der Waals surface area (Å²) in [7, 11) is 0. The highest BCUT2D eigenvalue weighted by Gasteiger charge is 2.24. The van der Waals surface area contributed by atoms with Crippen LogP contribution in [0.1, 0.15) is 15.9 Å². The number of piperazine rings is 1. The van der Waals surface area contributed by atoms with Crippen LogP contribution in [-0.4, -0.2) is 47.0 Å². The van der Waals surface area contributed by atoms with Crippen LogP contribution in [0.3, 0.4) is 0 Å². The molecule has 0 N–H and O–H groups in total. The van der Waals surface area contributed by atoms with Crippen LogP contribution in [0.4, 0.5) is 10.2 Å². The van der Waals surface area contributed by atoms with E-state index in [0.717, 1.165) is 0 Å². The molecule has 0 bridgehead atoms. The summed E-state index contributed by atoms with van der Waals surface area (Å²) in [5.41, 5.74) is 1.11. The molecule has 1 aliphatic rings. The fourth-order valence-corrected chi connectivity index (χ4v) is 3.86. The third kappa shape index (κ3) is 4.89. The Balaban J connectivity index is 1.42. The Hall–Kier alpha value is -2.90. The van der Waals surface area contributed by atoms with Gasteiger partial charge in [-0.3, -0.25) is 4.79 Å². The average Bonchev–Trinajstić information content (AvgIpc) is 2.76. The minimum Gasteiger partial charge on any atom is -0.439 e. The molecule has 0 saturated carbocycles. The average molecular weight is 461 g/mol. The molecule has 1 aromatic heterocycles. The van der Waals surface area contributed by atoms with E-state index in [2.05, 4.69) is 14.9 Å². The van der Waals surface area contributed by atoms with Crippen LogP contribution in [0.15, 0.2) is 48.8 Å². The molecule has 1 saturated heterocycles. The van der Waals surface area contributed by atoms with Gasteiger partial charge in [-0.15, -0.1) is 0 Å². The lowest BCUT2D eigenvalue weighted by molar-refractivity contribution is 0.0746. The Bertz CT molecular complexity index is 1120. The molecule has 2 heterocycles. The Morgan fingerprint density at radius 1 is 1.03 bits per heavy atom. The van der Waals surface area contributed by atoms with Gasteiger partial charge in [0.1, 0.15) is 23.7 Å². The van der Waals surface area contributed by atoms with Crippen molar-refractivity contribution in [3.05, 3.63) is 75.8 Å². The highest BCUT2D eigenvalue weighted by Crippen LogP contribution is 2.27. The second kappa shape index (κ2) is 9.08. The first-order valence-electron chi connectivity index (χ1n) is 9.66. The monoisotopic (exact) mass is 460 g/mol. The molecule has 0 spiro atoms. The predicted molar refractivity (Wildman–Crippen MR) is 118 cm³/mol. The number of nitrogens with zero attached hydrogens (tertiary/aromatic N) is 4. The largest absolute Gasteiger partial charge is 0.439 e. The summed E-state index contributed by atoms with van der Waals surface area (Å²) in [6.45, 7) is 4.01. The first-order valence-corrected chi connectivity index (χ1v) is 10.4. The summed E-state index contributed by atoms with van der Waals surface area (Å²) in [5.74, 6) is 1.15. The van der Waals surface area contributed by atoms with Crippen LogP contribution in [0.5, 0.6) is 11.6 Å². The van der Waals surface area contributed by atoms with Gasteiger partial charge in [-0.1, -0.05) is 23.2 Å². The molecule has 31 heavy (non-hydrogen) atoms. The zero-order chi connectivity index (χ0) is 22.0. The van der Waals surface area contributed by atoms with E-state index in [1.165, 1.54) is 18.5 Å². The molecule has 0 atom stereocenters. The first kappa shape index (κ1) is 21.3. The zero-order valence-corrected chi connectivity index (χ0v) is 18.2. The van der Waals surface area contributed by atoms with E-state index in [1.54, 1.807) is 42.2 Å². The van der Waals surface area contributed by atoms with Crippen LogP contribution in [0.2, 0.25) is 10.0 Å². The van der Waals surface area contributed by atoms with Crippen molar-refractivity contribution in [2.75, 3.05) is 31.1 Å². The summed E-state index contributed by atoms with van der Waals surface area (Å²) in [6, 6.07) is 10.9. The van der Waals surface area contributed by atoms with Gasteiger partial charge in [0.2, 0.25) is 5.88 Å². The molecule has 1 fully saturated rings. The Labute approximate surface area is 189 Å². The fourth-order valence-electron chi connectivity index (χ4n) is 3.37. The molecule has 160 valence electrons. The van der Waals surface area contributed by atoms with Crippen molar-refractivity contribution < 1.29 is 13.9 Å². The smallest absolute Gasteiger partial charge is 0.255 e. The molecule has 0 unspecified atom stereocenters. The summed E-state index contributed by atoms with van der Waals surface area (Å²) in [6.07, 6.45) is 1.43. The number of hydrogen-bond donors (Lipinski definition) is 0. The number of benzene rings is 2. The molecule has 9 heteroatoms. The van der Waals surface area contributed by atoms with Gasteiger partial charge in [0, 0.05) is 37.3 Å². The second-order valence-corrected chi connectivity index (χ2v) is 7.97. The van der Waals surface area contributed by atoms with Crippen molar-refractivity contribution in [3.8, 4) is 11.6 Å². The van der Waals surface area contributed by atoms with E-state index in [9.17, 15) is 9.18 Å². The minimum atomic E-state index is -0.319. The Morgan fingerprint density at radius 2 is 1.81 bits per heavy atom. The maximum Gasteiger partial charge on any atom is 0.255 e. The quantitative estimate of drug-likeness (QED) is 0.548. The van der Waals surface area contributed by atoms with Crippen molar-refractivity contribution in [1.29, 1.82) is 0 Å². The van der Waals surface area contributed by atoms with Crippen molar-refractivity contribution in [3.63, 3.8) is 0 Å². The van der Waals surface area contributed by atoms with E-state index in [1.807, 2.05) is 0 Å². The Kier molecular flexibility index (Phi) is 6.25. The highest BCUT2D eigenvalue weighted by atomic mass is 35.5. The van der Waals surface area contributed by atoms with Crippen molar-refractivity contribution in [2.45, 2.75) is 6.92 Å². The lowest BCUT2D eigenvalue weighted by Crippen LogP contribution is -2.49. The number of carbonyl (C=O) groups is 1. The van der Waals surface area contributed by atoms with Crippen LogP contribution in [0.25, 0.3) is 0 Å². The topological polar surface area (TPSA) is 58.6 Å². The lowest BCUT2D eigenvalue weighted by atomic mass is 10.1. The van der Waals surface area contributed by atoms with Crippen LogP contribution in [0, 0.1) is 12.7 Å². The standard InChI is InChI=1S/C22H19Cl2FN4O2/c1-14-10-16(25)3-5-19(14)31-21-12-20(26-13-27-21)28-6-8-29(9-7-28)22(30)17-4-2-15(23)11-18(17)24/h2-5,10-13H,6-9H2,1H3. The number of ether oxygens (including phenoxy) is 1. The maximum atomic E-state index is 13.3. The number of aromatic nitrogens is 2. The first-order chi connectivity index (χ1) is 14.9. The third-order valence-electron chi connectivity index (χ3n) is 5.03. The molecule has 1 amide bonds. The molecular weight excluding hydrogens is 442 g/mol. The molecule has 1 aliphatic heterocycles. The van der Waals surface area contributed by atoms with E-state index < -0.39 is 0 Å². The molecule has 4 rings (SSSR count). The Morgan fingerprint density at radius 3 is 2.52 bits per heavy atom. The summed E-state index contributed by atoms with van der Waals surface area (Å²) >= 11 is 12.1. The highest BCUT2D eigenvalue weighted by molar-refractivity contribution is 6.36. The maximum absolute atomic E-state index is 13.3. The van der Waals surface area contributed by atoms with Crippen LogP contribution >= 0.6 is 23.2 Å². The van der Waals surface area contributed by atoms with E-state index in [-0.39, 0.29) is 11.7 Å². The number of aryl methyl sites for hydroxylation is 1. The SMILES string of the molecule is Cc1cc(F)ccc1Oc1cc(N2CCN(C(=O)c3ccc(Cl)cc3Cl)CC2)ncn1. The van der Waals surface area contributed by atoms with E-state index in [4.69, 9.17) is 27.9 Å². The number of carbonyl (C=O) groups excluding carboxylic acids is 1. The van der Waals surface area contributed by atoms with Crippen molar-refractivity contribution in [2.24, 2.45) is 0 Å².